The van der Waals surface area contributed by atoms with E-state index in [2.05, 4.69) is 15.4 Å². The number of likely N-dealkylation sites (N-methyl/N-ethyl adjacent to an activating group) is 1. The number of carbonyl (C=O) groups excluding carboxylic acids is 4. The Morgan fingerprint density at radius 3 is 2.39 bits per heavy atom. The van der Waals surface area contributed by atoms with Crippen LogP contribution in [-0.4, -0.2) is 54.6 Å². The maximum absolute atomic E-state index is 12.1. The topological polar surface area (TPSA) is 117 Å². The van der Waals surface area contributed by atoms with Crippen LogP contribution in [0.25, 0.3) is 0 Å². The molecule has 1 aromatic carbocycles. The first-order valence-corrected chi connectivity index (χ1v) is 8.04. The Morgan fingerprint density at radius 1 is 1.21 bits per heavy atom. The van der Waals surface area contributed by atoms with Gasteiger partial charge in [0, 0.05) is 19.2 Å². The summed E-state index contributed by atoms with van der Waals surface area (Å²) in [7, 11) is 1.38. The van der Waals surface area contributed by atoms with Gasteiger partial charge in [-0.3, -0.25) is 19.7 Å². The Morgan fingerprint density at radius 2 is 1.86 bits per heavy atom. The number of hydrogen-bond acceptors (Lipinski definition) is 5. The first-order chi connectivity index (χ1) is 13.0. The number of nitrogens with one attached hydrogen (secondary N) is 3. The zero-order valence-corrected chi connectivity index (χ0v) is 14.6. The molecule has 0 unspecified atom stereocenters. The van der Waals surface area contributed by atoms with E-state index in [0.717, 1.165) is 17.0 Å². The molecule has 1 fully saturated rings. The molecule has 1 heterocycles. The number of imide groups is 1. The number of nitrogens with zero attached hydrogens (tertiary/aromatic N) is 1. The van der Waals surface area contributed by atoms with E-state index in [-0.39, 0.29) is 25.1 Å². The lowest BCUT2D eigenvalue weighted by atomic mass is 10.1. The molecule has 2 rings (SSSR count). The Bertz CT molecular complexity index is 767. The molecule has 1 aliphatic rings. The minimum atomic E-state index is -4.81. The SMILES string of the molecule is CN(CC(=O)Nc1ccc(OC(F)(F)F)cc1)C(=O)CC[C@@H]1NC(=O)NC1=O. The summed E-state index contributed by atoms with van der Waals surface area (Å²) in [6.45, 7) is -0.303. The Balaban J connectivity index is 1.77. The minimum absolute atomic E-state index is 0.0639. The van der Waals surface area contributed by atoms with Crippen LogP contribution in [0.3, 0.4) is 0 Å². The summed E-state index contributed by atoms with van der Waals surface area (Å²) in [4.78, 5) is 47.5. The molecule has 0 spiro atoms. The lowest BCUT2D eigenvalue weighted by Gasteiger charge is -2.17. The molecule has 152 valence electrons. The normalized spacial score (nSPS) is 16.2. The highest BCUT2D eigenvalue weighted by Gasteiger charge is 2.31. The molecule has 0 radical (unpaired) electrons. The summed E-state index contributed by atoms with van der Waals surface area (Å²) in [6, 6.07) is 3.11. The zero-order chi connectivity index (χ0) is 20.9. The molecule has 1 aliphatic heterocycles. The summed E-state index contributed by atoms with van der Waals surface area (Å²) < 4.78 is 40.0. The fourth-order valence-corrected chi connectivity index (χ4v) is 2.36. The van der Waals surface area contributed by atoms with E-state index in [0.29, 0.717) is 0 Å². The first-order valence-electron chi connectivity index (χ1n) is 8.04. The van der Waals surface area contributed by atoms with Crippen molar-refractivity contribution in [3.63, 3.8) is 0 Å². The lowest BCUT2D eigenvalue weighted by molar-refractivity contribution is -0.274. The van der Waals surface area contributed by atoms with Crippen LogP contribution in [0.1, 0.15) is 12.8 Å². The molecule has 3 N–H and O–H groups in total. The largest absolute Gasteiger partial charge is 0.573 e. The van der Waals surface area contributed by atoms with Crippen LogP contribution in [0.5, 0.6) is 5.75 Å². The molecule has 5 amide bonds. The summed E-state index contributed by atoms with van der Waals surface area (Å²) in [5.41, 5.74) is 0.228. The third-order valence-corrected chi connectivity index (χ3v) is 3.68. The molecule has 0 bridgehead atoms. The molecule has 12 heteroatoms. The number of anilines is 1. The van der Waals surface area contributed by atoms with Crippen LogP contribution in [-0.2, 0) is 14.4 Å². The summed E-state index contributed by atoms with van der Waals surface area (Å²) in [5, 5.41) is 6.84. The number of alkyl halides is 3. The second kappa shape index (κ2) is 8.59. The Hall–Kier alpha value is -3.31. The first kappa shape index (κ1) is 21.0. The van der Waals surface area contributed by atoms with Crippen molar-refractivity contribution in [2.45, 2.75) is 25.2 Å². The van der Waals surface area contributed by atoms with Crippen molar-refractivity contribution in [3.8, 4) is 5.75 Å². The second-order valence-electron chi connectivity index (χ2n) is 5.92. The van der Waals surface area contributed by atoms with Crippen molar-refractivity contribution in [1.29, 1.82) is 0 Å². The van der Waals surface area contributed by atoms with Gasteiger partial charge in [-0.15, -0.1) is 13.2 Å². The molecule has 1 atom stereocenters. The van der Waals surface area contributed by atoms with E-state index in [1.54, 1.807) is 0 Å². The number of hydrogen-bond donors (Lipinski definition) is 3. The van der Waals surface area contributed by atoms with Gasteiger partial charge < -0.3 is 20.3 Å². The van der Waals surface area contributed by atoms with Crippen molar-refractivity contribution >= 4 is 29.4 Å². The van der Waals surface area contributed by atoms with E-state index in [1.807, 2.05) is 5.32 Å². The molecular formula is C16H17F3N4O5. The maximum atomic E-state index is 12.1. The van der Waals surface area contributed by atoms with E-state index in [9.17, 15) is 32.3 Å². The third-order valence-electron chi connectivity index (χ3n) is 3.68. The average molecular weight is 402 g/mol. The van der Waals surface area contributed by atoms with Crippen molar-refractivity contribution < 1.29 is 37.1 Å². The van der Waals surface area contributed by atoms with Crippen LogP contribution >= 0.6 is 0 Å². The maximum Gasteiger partial charge on any atom is 0.573 e. The molecule has 0 saturated carbocycles. The van der Waals surface area contributed by atoms with E-state index >= 15 is 0 Å². The van der Waals surface area contributed by atoms with Crippen LogP contribution in [0.15, 0.2) is 24.3 Å². The number of carbonyl (C=O) groups is 4. The quantitative estimate of drug-likeness (QED) is 0.588. The summed E-state index contributed by atoms with van der Waals surface area (Å²) in [5.74, 6) is -1.93. The fraction of sp³-hybridized carbons (Fsp3) is 0.375. The Labute approximate surface area is 157 Å². The highest BCUT2D eigenvalue weighted by molar-refractivity contribution is 6.04. The van der Waals surface area contributed by atoms with Gasteiger partial charge in [0.05, 0.1) is 6.54 Å². The Kier molecular flexibility index (Phi) is 6.44. The summed E-state index contributed by atoms with van der Waals surface area (Å²) in [6.07, 6.45) is -4.79. The minimum Gasteiger partial charge on any atom is -0.406 e. The third kappa shape index (κ3) is 6.45. The van der Waals surface area contributed by atoms with Gasteiger partial charge in [-0.2, -0.15) is 0 Å². The number of urea groups is 1. The standard InChI is InChI=1S/C16H17F3N4O5/c1-23(13(25)7-6-11-14(26)22-15(27)21-11)8-12(24)20-9-2-4-10(5-3-9)28-16(17,18)19/h2-5,11H,6-8H2,1H3,(H,20,24)(H2,21,22,26,27)/t11-/m0/s1. The van der Waals surface area contributed by atoms with Gasteiger partial charge >= 0.3 is 12.4 Å². The van der Waals surface area contributed by atoms with Crippen molar-refractivity contribution in [1.82, 2.24) is 15.5 Å². The molecule has 28 heavy (non-hydrogen) atoms. The number of ether oxygens (including phenoxy) is 1. The highest BCUT2D eigenvalue weighted by atomic mass is 19.4. The van der Waals surface area contributed by atoms with E-state index in [4.69, 9.17) is 0 Å². The van der Waals surface area contributed by atoms with Gasteiger partial charge in [-0.25, -0.2) is 4.79 Å². The van der Waals surface area contributed by atoms with Gasteiger partial charge in [0.15, 0.2) is 0 Å². The van der Waals surface area contributed by atoms with Gasteiger partial charge in [-0.05, 0) is 30.7 Å². The van der Waals surface area contributed by atoms with Gasteiger partial charge in [0.25, 0.3) is 5.91 Å². The van der Waals surface area contributed by atoms with Crippen LogP contribution in [0.4, 0.5) is 23.7 Å². The molecule has 0 aliphatic carbocycles. The van der Waals surface area contributed by atoms with E-state index < -0.39 is 41.9 Å². The predicted molar refractivity (Wildman–Crippen MR) is 89.1 cm³/mol. The number of rotatable bonds is 7. The molecule has 9 nitrogen and oxygen atoms in total. The second-order valence-corrected chi connectivity index (χ2v) is 5.92. The van der Waals surface area contributed by atoms with Crippen molar-refractivity contribution in [2.75, 3.05) is 18.9 Å². The van der Waals surface area contributed by atoms with Crippen LogP contribution in [0.2, 0.25) is 0 Å². The van der Waals surface area contributed by atoms with Gasteiger partial charge in [0.2, 0.25) is 11.8 Å². The van der Waals surface area contributed by atoms with Crippen molar-refractivity contribution in [3.05, 3.63) is 24.3 Å². The van der Waals surface area contributed by atoms with Crippen LogP contribution < -0.4 is 20.7 Å². The zero-order valence-electron chi connectivity index (χ0n) is 14.6. The molecule has 0 aromatic heterocycles. The van der Waals surface area contributed by atoms with Gasteiger partial charge in [0.1, 0.15) is 11.8 Å². The van der Waals surface area contributed by atoms with Gasteiger partial charge in [-0.1, -0.05) is 0 Å². The van der Waals surface area contributed by atoms with E-state index in [1.165, 1.54) is 19.2 Å². The van der Waals surface area contributed by atoms with Crippen LogP contribution in [0, 0.1) is 0 Å². The number of halogens is 3. The average Bonchev–Trinajstić information content (AvgIpc) is 2.90. The number of amides is 5. The smallest absolute Gasteiger partial charge is 0.406 e. The molecular weight excluding hydrogens is 385 g/mol. The lowest BCUT2D eigenvalue weighted by Crippen LogP contribution is -2.36. The van der Waals surface area contributed by atoms with Crippen molar-refractivity contribution in [2.24, 2.45) is 0 Å². The monoisotopic (exact) mass is 402 g/mol. The number of benzene rings is 1. The molecule has 1 aromatic rings. The predicted octanol–water partition coefficient (Wildman–Crippen LogP) is 0.970. The highest BCUT2D eigenvalue weighted by Crippen LogP contribution is 2.23. The molecule has 1 saturated heterocycles. The fourth-order valence-electron chi connectivity index (χ4n) is 2.36. The summed E-state index contributed by atoms with van der Waals surface area (Å²) >= 11 is 0.